The van der Waals surface area contributed by atoms with Crippen molar-refractivity contribution in [3.05, 3.63) is 64.3 Å². The molecule has 2 aromatic carbocycles. The minimum Gasteiger partial charge on any atom is -0.497 e. The van der Waals surface area contributed by atoms with Crippen molar-refractivity contribution in [3.8, 4) is 16.9 Å². The molecule has 6 heteroatoms. The average molecular weight is 313 g/mol. The van der Waals surface area contributed by atoms with Crippen LogP contribution in [0.4, 0.5) is 4.39 Å². The molecule has 5 nitrogen and oxygen atoms in total. The predicted octanol–water partition coefficient (Wildman–Crippen LogP) is 2.71. The number of ether oxygens (including phenoxy) is 1. The van der Waals surface area contributed by atoms with Gasteiger partial charge in [-0.25, -0.2) is 9.18 Å². The van der Waals surface area contributed by atoms with Crippen LogP contribution < -0.4 is 16.1 Å². The van der Waals surface area contributed by atoms with Gasteiger partial charge in [0.2, 0.25) is 0 Å². The van der Waals surface area contributed by atoms with E-state index in [0.717, 1.165) is 6.07 Å². The van der Waals surface area contributed by atoms with Gasteiger partial charge < -0.3 is 14.9 Å². The highest BCUT2D eigenvalue weighted by Crippen LogP contribution is 2.25. The van der Waals surface area contributed by atoms with Gasteiger partial charge in [0.1, 0.15) is 11.6 Å². The van der Waals surface area contributed by atoms with Crippen molar-refractivity contribution in [2.75, 3.05) is 7.11 Å². The van der Waals surface area contributed by atoms with E-state index in [1.54, 1.807) is 24.3 Å². The van der Waals surface area contributed by atoms with Crippen LogP contribution in [0.3, 0.4) is 0 Å². The minimum atomic E-state index is -0.866. The van der Waals surface area contributed by atoms with E-state index in [1.807, 2.05) is 0 Å². The van der Waals surface area contributed by atoms with Crippen molar-refractivity contribution in [1.29, 1.82) is 0 Å². The molecule has 3 rings (SSSR count). The Morgan fingerprint density at radius 2 is 1.87 bits per heavy atom. The Kier molecular flexibility index (Phi) is 3.57. The predicted molar refractivity (Wildman–Crippen MR) is 82.9 cm³/mol. The van der Waals surface area contributed by atoms with Gasteiger partial charge >= 0.3 is 5.63 Å². The normalized spacial score (nSPS) is 10.7. The van der Waals surface area contributed by atoms with Gasteiger partial charge in [-0.15, -0.1) is 0 Å². The van der Waals surface area contributed by atoms with Crippen molar-refractivity contribution in [2.45, 2.75) is 0 Å². The number of nitrogens with two attached hydrogens (primary N) is 1. The quantitative estimate of drug-likeness (QED) is 0.754. The summed E-state index contributed by atoms with van der Waals surface area (Å²) in [5.74, 6) is -0.864. The smallest absolute Gasteiger partial charge is 0.344 e. The maximum absolute atomic E-state index is 13.6. The molecule has 116 valence electrons. The lowest BCUT2D eigenvalue weighted by atomic mass is 10.0. The fourth-order valence-corrected chi connectivity index (χ4v) is 2.35. The zero-order valence-electron chi connectivity index (χ0n) is 12.1. The third-order valence-electron chi connectivity index (χ3n) is 3.46. The third-order valence-corrected chi connectivity index (χ3v) is 3.46. The van der Waals surface area contributed by atoms with Gasteiger partial charge in [-0.1, -0.05) is 12.1 Å². The van der Waals surface area contributed by atoms with Gasteiger partial charge in [-0.05, 0) is 35.9 Å². The summed E-state index contributed by atoms with van der Waals surface area (Å²) in [6, 6.07) is 10.4. The standard InChI is InChI=1S/C17H12FNO4/c1-22-12-4-2-9(3-5-12)13-7-10-6-11(18)8-14(16(19)20)15(10)23-17(13)21/h2-8H,1H3,(H2,19,20). The molecule has 3 aromatic rings. The van der Waals surface area contributed by atoms with Crippen molar-refractivity contribution in [2.24, 2.45) is 5.73 Å². The van der Waals surface area contributed by atoms with E-state index in [1.165, 1.54) is 19.2 Å². The Hall–Kier alpha value is -3.15. The number of halogens is 1. The molecule has 0 saturated carbocycles. The third kappa shape index (κ3) is 2.66. The minimum absolute atomic E-state index is 0.0267. The van der Waals surface area contributed by atoms with Gasteiger partial charge in [-0.2, -0.15) is 0 Å². The lowest BCUT2D eigenvalue weighted by Crippen LogP contribution is -2.13. The summed E-state index contributed by atoms with van der Waals surface area (Å²) in [5.41, 5.74) is 5.20. The molecule has 0 radical (unpaired) electrons. The molecule has 0 aliphatic carbocycles. The molecular weight excluding hydrogens is 301 g/mol. The Morgan fingerprint density at radius 3 is 2.48 bits per heavy atom. The zero-order chi connectivity index (χ0) is 16.6. The summed E-state index contributed by atoms with van der Waals surface area (Å²) in [5, 5.41) is 0.282. The molecule has 0 bridgehead atoms. The van der Waals surface area contributed by atoms with Gasteiger partial charge in [0, 0.05) is 5.39 Å². The maximum atomic E-state index is 13.6. The van der Waals surface area contributed by atoms with Gasteiger partial charge in [-0.3, -0.25) is 4.79 Å². The molecule has 23 heavy (non-hydrogen) atoms. The number of fused-ring (bicyclic) bond motifs is 1. The molecule has 1 aromatic heterocycles. The number of hydrogen-bond acceptors (Lipinski definition) is 4. The first-order valence-electron chi connectivity index (χ1n) is 6.71. The molecule has 0 spiro atoms. The van der Waals surface area contributed by atoms with E-state index < -0.39 is 17.3 Å². The van der Waals surface area contributed by atoms with E-state index in [0.29, 0.717) is 11.3 Å². The van der Waals surface area contributed by atoms with Crippen LogP contribution in [-0.2, 0) is 0 Å². The van der Waals surface area contributed by atoms with Crippen LogP contribution in [0.1, 0.15) is 10.4 Å². The largest absolute Gasteiger partial charge is 0.497 e. The topological polar surface area (TPSA) is 82.5 Å². The van der Waals surface area contributed by atoms with Crippen molar-refractivity contribution >= 4 is 16.9 Å². The maximum Gasteiger partial charge on any atom is 0.344 e. The highest BCUT2D eigenvalue weighted by atomic mass is 19.1. The average Bonchev–Trinajstić information content (AvgIpc) is 2.54. The number of methoxy groups -OCH3 is 1. The number of carbonyl (C=O) groups excluding carboxylic acids is 1. The molecule has 0 atom stereocenters. The fraction of sp³-hybridized carbons (Fsp3) is 0.0588. The lowest BCUT2D eigenvalue weighted by Gasteiger charge is -2.06. The first-order valence-corrected chi connectivity index (χ1v) is 6.71. The number of hydrogen-bond donors (Lipinski definition) is 1. The van der Waals surface area contributed by atoms with Crippen LogP contribution in [0, 0.1) is 5.82 Å². The number of rotatable bonds is 3. The van der Waals surface area contributed by atoms with Crippen LogP contribution in [0.15, 0.2) is 51.7 Å². The molecule has 0 aliphatic rings. The number of primary amides is 1. The molecule has 0 fully saturated rings. The van der Waals surface area contributed by atoms with E-state index in [9.17, 15) is 14.0 Å². The second-order valence-corrected chi connectivity index (χ2v) is 4.91. The first-order chi connectivity index (χ1) is 11.0. The molecular formula is C17H12FNO4. The second-order valence-electron chi connectivity index (χ2n) is 4.91. The Morgan fingerprint density at radius 1 is 1.17 bits per heavy atom. The van der Waals surface area contributed by atoms with Crippen LogP contribution in [0.25, 0.3) is 22.1 Å². The van der Waals surface area contributed by atoms with Crippen molar-refractivity contribution in [1.82, 2.24) is 0 Å². The highest BCUT2D eigenvalue weighted by Gasteiger charge is 2.15. The zero-order valence-corrected chi connectivity index (χ0v) is 12.1. The summed E-state index contributed by atoms with van der Waals surface area (Å²) in [4.78, 5) is 23.6. The Balaban J connectivity index is 2.25. The SMILES string of the molecule is COc1ccc(-c2cc3cc(F)cc(C(N)=O)c3oc2=O)cc1. The van der Waals surface area contributed by atoms with E-state index >= 15 is 0 Å². The van der Waals surface area contributed by atoms with Crippen molar-refractivity contribution in [3.63, 3.8) is 0 Å². The van der Waals surface area contributed by atoms with Gasteiger partial charge in [0.25, 0.3) is 5.91 Å². The summed E-state index contributed by atoms with van der Waals surface area (Å²) in [7, 11) is 1.54. The molecule has 2 N–H and O–H groups in total. The molecule has 1 heterocycles. The Labute approximate surface area is 130 Å². The van der Waals surface area contributed by atoms with Gasteiger partial charge in [0.05, 0.1) is 18.2 Å². The van der Waals surface area contributed by atoms with Crippen LogP contribution in [-0.4, -0.2) is 13.0 Å². The first kappa shape index (κ1) is 14.8. The molecule has 0 saturated heterocycles. The van der Waals surface area contributed by atoms with Crippen LogP contribution in [0.5, 0.6) is 5.75 Å². The fourth-order valence-electron chi connectivity index (χ4n) is 2.35. The summed E-state index contributed by atoms with van der Waals surface area (Å²) in [6.45, 7) is 0. The Bertz CT molecular complexity index is 961. The van der Waals surface area contributed by atoms with Gasteiger partial charge in [0.15, 0.2) is 5.58 Å². The van der Waals surface area contributed by atoms with E-state index in [2.05, 4.69) is 0 Å². The second kappa shape index (κ2) is 5.57. The monoisotopic (exact) mass is 313 g/mol. The van der Waals surface area contributed by atoms with Crippen LogP contribution >= 0.6 is 0 Å². The summed E-state index contributed by atoms with van der Waals surface area (Å²) >= 11 is 0. The molecule has 0 aliphatic heterocycles. The number of amides is 1. The number of carbonyl (C=O) groups is 1. The van der Waals surface area contributed by atoms with E-state index in [4.69, 9.17) is 14.9 Å². The highest BCUT2D eigenvalue weighted by molar-refractivity contribution is 6.04. The summed E-state index contributed by atoms with van der Waals surface area (Å²) in [6.07, 6.45) is 0. The van der Waals surface area contributed by atoms with Crippen LogP contribution in [0.2, 0.25) is 0 Å². The summed E-state index contributed by atoms with van der Waals surface area (Å²) < 4.78 is 23.9. The molecule has 1 amide bonds. The lowest BCUT2D eigenvalue weighted by molar-refractivity contribution is 0.100. The van der Waals surface area contributed by atoms with E-state index in [-0.39, 0.29) is 22.1 Å². The van der Waals surface area contributed by atoms with Crippen molar-refractivity contribution < 1.29 is 18.3 Å². The molecule has 0 unspecified atom stereocenters. The number of benzene rings is 2.